The van der Waals surface area contributed by atoms with Crippen LogP contribution in [-0.2, 0) is 19.4 Å². The van der Waals surface area contributed by atoms with Crippen molar-refractivity contribution in [1.82, 2.24) is 9.55 Å². The molecule has 0 N–H and O–H groups in total. The van der Waals surface area contributed by atoms with Crippen molar-refractivity contribution in [2.45, 2.75) is 26.3 Å². The van der Waals surface area contributed by atoms with Crippen LogP contribution in [0.3, 0.4) is 0 Å². The van der Waals surface area contributed by atoms with Crippen LogP contribution in [0.2, 0.25) is 0 Å². The second-order valence-electron chi connectivity index (χ2n) is 7.60. The SMILES string of the molecule is Cc1cc(C(=O)COC(=O)/C=C/c2nc3ccccc3o2)c(C)n1C1CCS(=O)(=O)C1. The van der Waals surface area contributed by atoms with Gasteiger partial charge in [-0.2, -0.15) is 0 Å². The summed E-state index contributed by atoms with van der Waals surface area (Å²) in [4.78, 5) is 28.8. The zero-order chi connectivity index (χ0) is 22.2. The predicted molar refractivity (Wildman–Crippen MR) is 115 cm³/mol. The van der Waals surface area contributed by atoms with E-state index in [0.29, 0.717) is 28.8 Å². The highest BCUT2D eigenvalue weighted by Gasteiger charge is 2.31. The standard InChI is InChI=1S/C22H22N2O6S/c1-14-11-17(15(2)24(14)16-9-10-31(27,28)13-16)19(25)12-29-22(26)8-7-21-23-18-5-3-4-6-20(18)30-21/h3-8,11,16H,9-10,12-13H2,1-2H3/b8-7+. The first-order chi connectivity index (χ1) is 14.7. The van der Waals surface area contributed by atoms with Gasteiger partial charge in [0, 0.05) is 35.1 Å². The number of carbonyl (C=O) groups is 2. The monoisotopic (exact) mass is 442 g/mol. The van der Waals surface area contributed by atoms with Crippen molar-refractivity contribution in [3.05, 3.63) is 59.2 Å². The molecule has 0 saturated carbocycles. The van der Waals surface area contributed by atoms with Crippen LogP contribution in [0.5, 0.6) is 0 Å². The third kappa shape index (κ3) is 4.46. The van der Waals surface area contributed by atoms with Gasteiger partial charge < -0.3 is 13.7 Å². The lowest BCUT2D eigenvalue weighted by Crippen LogP contribution is -2.16. The van der Waals surface area contributed by atoms with E-state index in [0.717, 1.165) is 11.8 Å². The van der Waals surface area contributed by atoms with Gasteiger partial charge in [-0.3, -0.25) is 4.79 Å². The van der Waals surface area contributed by atoms with Gasteiger partial charge in [0.05, 0.1) is 11.5 Å². The first kappa shape index (κ1) is 21.0. The molecule has 0 bridgehead atoms. The second kappa shape index (κ2) is 8.14. The Balaban J connectivity index is 1.39. The molecule has 8 nitrogen and oxygen atoms in total. The lowest BCUT2D eigenvalue weighted by atomic mass is 10.1. The zero-order valence-electron chi connectivity index (χ0n) is 17.2. The maximum absolute atomic E-state index is 12.6. The smallest absolute Gasteiger partial charge is 0.331 e. The number of carbonyl (C=O) groups excluding carboxylic acids is 2. The molecule has 3 heterocycles. The number of oxazole rings is 1. The van der Waals surface area contributed by atoms with Gasteiger partial charge in [0.15, 0.2) is 22.0 Å². The van der Waals surface area contributed by atoms with Crippen molar-refractivity contribution in [1.29, 1.82) is 0 Å². The van der Waals surface area contributed by atoms with Crippen molar-refractivity contribution in [2.24, 2.45) is 0 Å². The number of ketones is 1. The number of benzene rings is 1. The van der Waals surface area contributed by atoms with Crippen LogP contribution in [0.15, 0.2) is 40.8 Å². The molecule has 4 rings (SSSR count). The summed E-state index contributed by atoms with van der Waals surface area (Å²) in [7, 11) is -3.04. The number of para-hydroxylation sites is 2. The molecule has 162 valence electrons. The lowest BCUT2D eigenvalue weighted by molar-refractivity contribution is -0.136. The van der Waals surface area contributed by atoms with E-state index in [9.17, 15) is 18.0 Å². The van der Waals surface area contributed by atoms with E-state index < -0.39 is 22.4 Å². The third-order valence-electron chi connectivity index (χ3n) is 5.38. The summed E-state index contributed by atoms with van der Waals surface area (Å²) in [6.07, 6.45) is 3.08. The van der Waals surface area contributed by atoms with Crippen LogP contribution in [0.25, 0.3) is 17.2 Å². The Hall–Kier alpha value is -3.20. The Labute approximate surface area is 179 Å². The largest absolute Gasteiger partial charge is 0.454 e. The van der Waals surface area contributed by atoms with Crippen LogP contribution < -0.4 is 0 Å². The van der Waals surface area contributed by atoms with Crippen molar-refractivity contribution in [3.63, 3.8) is 0 Å². The van der Waals surface area contributed by atoms with E-state index in [4.69, 9.17) is 9.15 Å². The molecule has 1 aliphatic rings. The summed E-state index contributed by atoms with van der Waals surface area (Å²) in [6, 6.07) is 8.77. The fraction of sp³-hybridized carbons (Fsp3) is 0.318. The summed E-state index contributed by atoms with van der Waals surface area (Å²) in [5.74, 6) is -0.538. The molecule has 1 aromatic carbocycles. The van der Waals surface area contributed by atoms with Gasteiger partial charge >= 0.3 is 5.97 Å². The summed E-state index contributed by atoms with van der Waals surface area (Å²) < 4.78 is 36.1. The topological polar surface area (TPSA) is 108 Å². The predicted octanol–water partition coefficient (Wildman–Crippen LogP) is 3.05. The second-order valence-corrected chi connectivity index (χ2v) is 9.82. The van der Waals surface area contributed by atoms with Crippen molar-refractivity contribution < 1.29 is 27.2 Å². The average molecular weight is 442 g/mol. The van der Waals surface area contributed by atoms with E-state index in [1.165, 1.54) is 6.08 Å². The summed E-state index contributed by atoms with van der Waals surface area (Å²) in [5, 5.41) is 0. The van der Waals surface area contributed by atoms with Gasteiger partial charge in [0.2, 0.25) is 11.7 Å². The highest BCUT2D eigenvalue weighted by Crippen LogP contribution is 2.29. The molecule has 0 radical (unpaired) electrons. The number of aryl methyl sites for hydroxylation is 1. The molecule has 0 spiro atoms. The van der Waals surface area contributed by atoms with Crippen LogP contribution >= 0.6 is 0 Å². The number of aromatic nitrogens is 2. The van der Waals surface area contributed by atoms with E-state index in [-0.39, 0.29) is 29.2 Å². The van der Waals surface area contributed by atoms with Crippen LogP contribution in [0.1, 0.15) is 40.1 Å². The minimum atomic E-state index is -3.04. The quantitative estimate of drug-likeness (QED) is 0.328. The number of hydrogen-bond donors (Lipinski definition) is 0. The Kier molecular flexibility index (Phi) is 5.53. The maximum Gasteiger partial charge on any atom is 0.331 e. The van der Waals surface area contributed by atoms with Gasteiger partial charge in [-0.25, -0.2) is 18.2 Å². The fourth-order valence-corrected chi connectivity index (χ4v) is 5.66. The van der Waals surface area contributed by atoms with E-state index in [2.05, 4.69) is 4.98 Å². The van der Waals surface area contributed by atoms with Gasteiger partial charge in [-0.1, -0.05) is 12.1 Å². The molecule has 2 aromatic heterocycles. The van der Waals surface area contributed by atoms with Crippen molar-refractivity contribution in [3.8, 4) is 0 Å². The van der Waals surface area contributed by atoms with Crippen molar-refractivity contribution >= 4 is 38.8 Å². The molecule has 0 amide bonds. The molecule has 0 aliphatic carbocycles. The van der Waals surface area contributed by atoms with Gasteiger partial charge in [-0.15, -0.1) is 0 Å². The lowest BCUT2D eigenvalue weighted by Gasteiger charge is -2.16. The minimum absolute atomic E-state index is 0.0760. The highest BCUT2D eigenvalue weighted by atomic mass is 32.2. The minimum Gasteiger partial charge on any atom is -0.454 e. The maximum atomic E-state index is 12.6. The molecular formula is C22H22N2O6S. The number of Topliss-reactive ketones (excluding diaryl/α,β-unsaturated/α-hetero) is 1. The summed E-state index contributed by atoms with van der Waals surface area (Å²) in [6.45, 7) is 3.20. The van der Waals surface area contributed by atoms with Crippen LogP contribution in [0.4, 0.5) is 0 Å². The Morgan fingerprint density at radius 3 is 2.77 bits per heavy atom. The molecule has 1 saturated heterocycles. The number of fused-ring (bicyclic) bond motifs is 1. The summed E-state index contributed by atoms with van der Waals surface area (Å²) >= 11 is 0. The number of esters is 1. The molecule has 1 fully saturated rings. The zero-order valence-corrected chi connectivity index (χ0v) is 18.0. The number of rotatable bonds is 6. The van der Waals surface area contributed by atoms with Gasteiger partial charge in [0.1, 0.15) is 5.52 Å². The molecule has 1 unspecified atom stereocenters. The molecule has 9 heteroatoms. The van der Waals surface area contributed by atoms with E-state index in [1.54, 1.807) is 25.1 Å². The Bertz CT molecular complexity index is 1270. The normalized spacial score (nSPS) is 18.1. The molecule has 1 atom stereocenters. The van der Waals surface area contributed by atoms with Crippen molar-refractivity contribution in [2.75, 3.05) is 18.1 Å². The van der Waals surface area contributed by atoms with Crippen LogP contribution in [-0.4, -0.2) is 47.8 Å². The molecule has 3 aromatic rings. The first-order valence-electron chi connectivity index (χ1n) is 9.86. The first-order valence-corrected chi connectivity index (χ1v) is 11.7. The highest BCUT2D eigenvalue weighted by molar-refractivity contribution is 7.91. The number of ether oxygens (including phenoxy) is 1. The molecule has 1 aliphatic heterocycles. The van der Waals surface area contributed by atoms with E-state index >= 15 is 0 Å². The Morgan fingerprint density at radius 2 is 2.06 bits per heavy atom. The Morgan fingerprint density at radius 1 is 1.29 bits per heavy atom. The average Bonchev–Trinajstić information content (AvgIpc) is 3.38. The van der Waals surface area contributed by atoms with Gasteiger partial charge in [-0.05, 0) is 38.5 Å². The van der Waals surface area contributed by atoms with E-state index in [1.807, 2.05) is 23.6 Å². The molecular weight excluding hydrogens is 420 g/mol. The molecule has 31 heavy (non-hydrogen) atoms. The van der Waals surface area contributed by atoms with Gasteiger partial charge in [0.25, 0.3) is 0 Å². The number of nitrogens with zero attached hydrogens (tertiary/aromatic N) is 2. The number of hydrogen-bond acceptors (Lipinski definition) is 7. The fourth-order valence-electron chi connectivity index (χ4n) is 3.96. The number of sulfone groups is 1. The third-order valence-corrected chi connectivity index (χ3v) is 7.13. The van der Waals surface area contributed by atoms with Crippen LogP contribution in [0, 0.1) is 13.8 Å². The summed E-state index contributed by atoms with van der Waals surface area (Å²) in [5.41, 5.74) is 3.21.